The molecule has 5 saturated carbocycles. The number of allylic oxidation sites excluding steroid dienone is 2. The summed E-state index contributed by atoms with van der Waals surface area (Å²) in [5.41, 5.74) is -6.23. The minimum atomic E-state index is -1.83. The van der Waals surface area contributed by atoms with Crippen LogP contribution in [0.5, 0.6) is 5.75 Å². The minimum Gasteiger partial charge on any atom is -0.508 e. The molecule has 5 heterocycles. The molecule has 1 amide bonds. The first-order valence-electron chi connectivity index (χ1n) is 25.1. The summed E-state index contributed by atoms with van der Waals surface area (Å²) in [7, 11) is 3.29. The molecule has 2 saturated heterocycles. The molecule has 5 aliphatic heterocycles. The van der Waals surface area contributed by atoms with Crippen molar-refractivity contribution >= 4 is 39.0 Å². The van der Waals surface area contributed by atoms with Crippen LogP contribution in [-0.2, 0) is 20.7 Å². The highest BCUT2D eigenvalue weighted by molar-refractivity contribution is 8.76. The van der Waals surface area contributed by atoms with E-state index in [1.165, 1.54) is 0 Å². The number of aliphatic hydroxyl groups is 6. The Kier molecular flexibility index (Phi) is 10.9. The normalized spacial score (nSPS) is 49.3. The summed E-state index contributed by atoms with van der Waals surface area (Å²) in [4.78, 5) is 32.8. The van der Waals surface area contributed by atoms with Crippen molar-refractivity contribution in [3.63, 3.8) is 0 Å². The number of phenolic OH excluding ortho intramolecular Hbond substituents is 1. The lowest BCUT2D eigenvalue weighted by atomic mass is 9.33. The molecule has 13 rings (SSSR count). The van der Waals surface area contributed by atoms with E-state index in [2.05, 4.69) is 32.9 Å². The van der Waals surface area contributed by atoms with Gasteiger partial charge in [-0.15, -0.1) is 0 Å². The molecule has 7 N–H and O–H groups in total. The predicted octanol–water partition coefficient (Wildman–Crippen LogP) is 6.14. The van der Waals surface area contributed by atoms with Crippen molar-refractivity contribution in [3.05, 3.63) is 47.6 Å². The topological polar surface area (TPSA) is 192 Å². The molecule has 12 aliphatic rings. The average molecular weight is 934 g/mol. The Balaban J connectivity index is 1.11. The number of ketones is 1. The van der Waals surface area contributed by atoms with Gasteiger partial charge in [0.05, 0.1) is 35.2 Å². The van der Waals surface area contributed by atoms with Gasteiger partial charge in [-0.1, -0.05) is 67.4 Å². The molecule has 17 unspecified atom stereocenters. The van der Waals surface area contributed by atoms with Crippen LogP contribution >= 0.6 is 21.6 Å². The van der Waals surface area contributed by atoms with Gasteiger partial charge in [-0.3, -0.25) is 9.59 Å². The number of anilines is 1. The van der Waals surface area contributed by atoms with Gasteiger partial charge in [-0.25, -0.2) is 0 Å². The van der Waals surface area contributed by atoms with Crippen molar-refractivity contribution in [2.45, 2.75) is 146 Å². The third-order valence-corrected chi connectivity index (χ3v) is 23.5. The molecule has 65 heavy (non-hydrogen) atoms. The maximum absolute atomic E-state index is 15.8. The number of benzene rings is 1. The van der Waals surface area contributed by atoms with Crippen LogP contribution in [0.15, 0.2) is 42.0 Å². The summed E-state index contributed by atoms with van der Waals surface area (Å²) in [6.45, 7) is 6.28. The van der Waals surface area contributed by atoms with Crippen molar-refractivity contribution in [2.75, 3.05) is 36.2 Å². The van der Waals surface area contributed by atoms with Crippen LogP contribution in [0.3, 0.4) is 0 Å². The van der Waals surface area contributed by atoms with Gasteiger partial charge < -0.3 is 45.4 Å². The Bertz CT molecular complexity index is 2190. The van der Waals surface area contributed by atoms with Crippen LogP contribution in [0.2, 0.25) is 0 Å². The van der Waals surface area contributed by atoms with Crippen molar-refractivity contribution < 1.29 is 50.1 Å². The van der Waals surface area contributed by atoms with Gasteiger partial charge in [-0.05, 0) is 147 Å². The van der Waals surface area contributed by atoms with Gasteiger partial charge in [0.25, 0.3) is 0 Å². The zero-order chi connectivity index (χ0) is 45.7. The Morgan fingerprint density at radius 1 is 0.954 bits per heavy atom. The van der Waals surface area contributed by atoms with E-state index in [-0.39, 0.29) is 66.2 Å². The SMILES string of the molecule is CC(C)C(C)C1OC1C1(O)CC=CC2CC3C4=CC(=O)C5(CSSCC6CCCC(CO)C67CCN(C7=O)c6cc(O)cc(c6)CCC26C1CCC46O)C1CCCC35CC(O)(CO)C1O. The summed E-state index contributed by atoms with van der Waals surface area (Å²) < 4.78 is 6.52. The molecule has 1 aromatic carbocycles. The van der Waals surface area contributed by atoms with Gasteiger partial charge in [0.2, 0.25) is 5.91 Å². The van der Waals surface area contributed by atoms with Crippen LogP contribution in [-0.4, -0.2) is 114 Å². The largest absolute Gasteiger partial charge is 0.508 e. The number of phenols is 1. The number of aliphatic hydroxyl groups excluding tert-OH is 3. The number of carbonyl (C=O) groups excluding carboxylic acids is 2. The molecular formula is C52H71NO10S2. The summed E-state index contributed by atoms with van der Waals surface area (Å²) >= 11 is 0. The third kappa shape index (κ3) is 5.88. The van der Waals surface area contributed by atoms with Gasteiger partial charge in [0.15, 0.2) is 5.78 Å². The molecule has 3 spiro atoms. The van der Waals surface area contributed by atoms with E-state index in [0.717, 1.165) is 31.2 Å². The van der Waals surface area contributed by atoms with E-state index in [0.29, 0.717) is 93.0 Å². The summed E-state index contributed by atoms with van der Waals surface area (Å²) in [6, 6.07) is 5.44. The fourth-order valence-corrected chi connectivity index (χ4v) is 20.9. The fraction of sp³-hybridized carbons (Fsp3) is 0.769. The number of aryl methyl sites for hydroxylation is 1. The number of ether oxygens (including phenoxy) is 1. The number of amides is 1. The Morgan fingerprint density at radius 3 is 2.54 bits per heavy atom. The molecule has 7 fully saturated rings. The van der Waals surface area contributed by atoms with E-state index in [1.807, 2.05) is 11.0 Å². The van der Waals surface area contributed by atoms with E-state index in [1.54, 1.807) is 39.8 Å². The number of rotatable bonds is 5. The van der Waals surface area contributed by atoms with Crippen LogP contribution < -0.4 is 4.90 Å². The molecular weight excluding hydrogens is 863 g/mol. The number of nitrogens with zero attached hydrogens (tertiary/aromatic N) is 1. The average Bonchev–Trinajstić information content (AvgIpc) is 3.96. The highest BCUT2D eigenvalue weighted by atomic mass is 33.1. The summed E-state index contributed by atoms with van der Waals surface area (Å²) in [5.74, 6) is -0.332. The first-order chi connectivity index (χ1) is 31.0. The van der Waals surface area contributed by atoms with E-state index in [4.69, 9.17) is 4.74 Å². The standard InChI is InChI=1S/C52H71NO10S2/c1-29(2)30(3)42-44(63-42)51(61)14-5-9-32-21-38-39-23-41(57)50(37-10-6-13-46(38,50)26-47(60,27-55)43(37)58)28-65-64-25-34-8-4-7-33(24-54)48(34)17-18-53(45(48)59)35-19-31(20-36(56)22-35)11-15-49(32)40(51)12-16-52(39,49)62/h5,9,19-20,22-23,29-30,32-34,37-38,40,42-44,54-56,58,60-62H,4,6-8,10-18,21,24-28H2,1-3H3. The Hall–Kier alpha value is -1.94. The van der Waals surface area contributed by atoms with Crippen LogP contribution in [0.4, 0.5) is 5.69 Å². The van der Waals surface area contributed by atoms with Gasteiger partial charge in [-0.2, -0.15) is 0 Å². The van der Waals surface area contributed by atoms with Crippen molar-refractivity contribution in [2.24, 2.45) is 69.0 Å². The van der Waals surface area contributed by atoms with Crippen LogP contribution in [0, 0.1) is 69.0 Å². The second-order valence-corrected chi connectivity index (χ2v) is 25.8. The summed E-state index contributed by atoms with van der Waals surface area (Å²) in [6.07, 6.45) is 11.9. The molecule has 356 valence electrons. The lowest BCUT2D eigenvalue weighted by molar-refractivity contribution is -0.262. The number of hydrogen-bond acceptors (Lipinski definition) is 12. The van der Waals surface area contributed by atoms with Crippen LogP contribution in [0.1, 0.15) is 110 Å². The van der Waals surface area contributed by atoms with Crippen LogP contribution in [0.25, 0.3) is 0 Å². The van der Waals surface area contributed by atoms with Crippen molar-refractivity contribution in [1.82, 2.24) is 0 Å². The molecule has 11 nitrogen and oxygen atoms in total. The molecule has 10 bridgehead atoms. The molecule has 0 radical (unpaired) electrons. The second kappa shape index (κ2) is 15.5. The summed E-state index contributed by atoms with van der Waals surface area (Å²) in [5, 5.41) is 85.4. The molecule has 0 aromatic heterocycles. The Labute approximate surface area is 391 Å². The zero-order valence-corrected chi connectivity index (χ0v) is 40.0. The van der Waals surface area contributed by atoms with Crippen molar-refractivity contribution in [3.8, 4) is 5.75 Å². The monoisotopic (exact) mass is 933 g/mol. The quantitative estimate of drug-likeness (QED) is 0.102. The fourth-order valence-electron chi connectivity index (χ4n) is 17.7. The smallest absolute Gasteiger partial charge is 0.233 e. The van der Waals surface area contributed by atoms with Gasteiger partial charge in [0, 0.05) is 53.7 Å². The van der Waals surface area contributed by atoms with E-state index >= 15 is 9.59 Å². The maximum atomic E-state index is 15.8. The van der Waals surface area contributed by atoms with E-state index in [9.17, 15) is 35.7 Å². The lowest BCUT2D eigenvalue weighted by Gasteiger charge is -2.71. The predicted molar refractivity (Wildman–Crippen MR) is 250 cm³/mol. The first-order valence-corrected chi connectivity index (χ1v) is 27.5. The molecule has 1 aromatic rings. The van der Waals surface area contributed by atoms with E-state index < -0.39 is 69.1 Å². The highest BCUT2D eigenvalue weighted by Crippen LogP contribution is 2.78. The molecule has 17 atom stereocenters. The first kappa shape index (κ1) is 45.5. The number of carbonyl (C=O) groups is 2. The minimum absolute atomic E-state index is 0.00914. The maximum Gasteiger partial charge on any atom is 0.233 e. The number of aromatic hydroxyl groups is 1. The molecule has 13 heteroatoms. The zero-order valence-electron chi connectivity index (χ0n) is 38.4. The number of hydrogen-bond donors (Lipinski definition) is 7. The number of fused-ring (bicyclic) bond motifs is 1. The van der Waals surface area contributed by atoms with Crippen molar-refractivity contribution in [1.29, 1.82) is 0 Å². The Morgan fingerprint density at radius 2 is 1.77 bits per heavy atom. The second-order valence-electron chi connectivity index (χ2n) is 23.3. The van der Waals surface area contributed by atoms with Gasteiger partial charge in [0.1, 0.15) is 23.1 Å². The lowest BCUT2D eigenvalue weighted by Crippen LogP contribution is -2.75. The highest BCUT2D eigenvalue weighted by Gasteiger charge is 2.80. The number of epoxide rings is 1. The molecule has 7 aliphatic carbocycles. The van der Waals surface area contributed by atoms with Gasteiger partial charge >= 0.3 is 0 Å². The third-order valence-electron chi connectivity index (χ3n) is 21.0.